The molecule has 2 amide bonds. The zero-order chi connectivity index (χ0) is 20.8. The third kappa shape index (κ3) is 5.69. The van der Waals surface area contributed by atoms with Gasteiger partial charge < -0.3 is 15.2 Å². The lowest BCUT2D eigenvalue weighted by molar-refractivity contribution is -0.113. The van der Waals surface area contributed by atoms with Crippen LogP contribution in [0.3, 0.4) is 0 Å². The van der Waals surface area contributed by atoms with Gasteiger partial charge in [0.25, 0.3) is 5.91 Å². The SMILES string of the molecule is CCn1c(CNC(=O)c2ccc(Cl)c(Cl)c2)nnc1SCC(=O)Nc1nccs1. The van der Waals surface area contributed by atoms with Gasteiger partial charge in [-0.25, -0.2) is 4.98 Å². The Bertz CT molecular complexity index is 1010. The van der Waals surface area contributed by atoms with Gasteiger partial charge in [-0.1, -0.05) is 35.0 Å². The molecule has 0 saturated carbocycles. The third-order valence-electron chi connectivity index (χ3n) is 3.71. The summed E-state index contributed by atoms with van der Waals surface area (Å²) in [7, 11) is 0. The van der Waals surface area contributed by atoms with E-state index in [2.05, 4.69) is 25.8 Å². The van der Waals surface area contributed by atoms with Crippen molar-refractivity contribution in [2.45, 2.75) is 25.2 Å². The molecule has 0 fully saturated rings. The molecule has 29 heavy (non-hydrogen) atoms. The highest BCUT2D eigenvalue weighted by Crippen LogP contribution is 2.23. The van der Waals surface area contributed by atoms with Crippen molar-refractivity contribution in [3.63, 3.8) is 0 Å². The average Bonchev–Trinajstić information content (AvgIpc) is 3.35. The molecule has 3 aromatic rings. The largest absolute Gasteiger partial charge is 0.345 e. The zero-order valence-electron chi connectivity index (χ0n) is 15.2. The molecule has 0 bridgehead atoms. The summed E-state index contributed by atoms with van der Waals surface area (Å²) in [5.41, 5.74) is 0.399. The van der Waals surface area contributed by atoms with Gasteiger partial charge in [0, 0.05) is 23.7 Å². The molecule has 0 aliphatic heterocycles. The van der Waals surface area contributed by atoms with Crippen LogP contribution in [0.1, 0.15) is 23.1 Å². The molecule has 0 spiro atoms. The van der Waals surface area contributed by atoms with Crippen molar-refractivity contribution in [3.8, 4) is 0 Å². The van der Waals surface area contributed by atoms with E-state index in [1.54, 1.807) is 23.7 Å². The van der Waals surface area contributed by atoms with Crippen molar-refractivity contribution >= 4 is 63.2 Å². The normalized spacial score (nSPS) is 10.7. The Labute approximate surface area is 185 Å². The van der Waals surface area contributed by atoms with Crippen LogP contribution in [-0.2, 0) is 17.9 Å². The number of hydrogen-bond donors (Lipinski definition) is 2. The average molecular weight is 471 g/mol. The highest BCUT2D eigenvalue weighted by molar-refractivity contribution is 7.99. The topological polar surface area (TPSA) is 102 Å². The van der Waals surface area contributed by atoms with E-state index in [1.807, 2.05) is 11.5 Å². The van der Waals surface area contributed by atoms with Crippen LogP contribution in [0.2, 0.25) is 10.0 Å². The van der Waals surface area contributed by atoms with Gasteiger partial charge >= 0.3 is 0 Å². The minimum Gasteiger partial charge on any atom is -0.345 e. The molecule has 2 aromatic heterocycles. The monoisotopic (exact) mass is 470 g/mol. The molecular weight excluding hydrogens is 455 g/mol. The number of benzene rings is 1. The molecule has 0 saturated heterocycles. The van der Waals surface area contributed by atoms with Crippen molar-refractivity contribution in [3.05, 3.63) is 51.2 Å². The van der Waals surface area contributed by atoms with Gasteiger partial charge in [0.05, 0.1) is 22.3 Å². The van der Waals surface area contributed by atoms with E-state index in [1.165, 1.54) is 29.2 Å². The van der Waals surface area contributed by atoms with Crippen LogP contribution in [-0.4, -0.2) is 37.3 Å². The van der Waals surface area contributed by atoms with Crippen molar-refractivity contribution < 1.29 is 9.59 Å². The van der Waals surface area contributed by atoms with E-state index < -0.39 is 0 Å². The molecule has 1 aromatic carbocycles. The molecule has 2 heterocycles. The number of thiazole rings is 1. The van der Waals surface area contributed by atoms with Gasteiger partial charge in [0.1, 0.15) is 0 Å². The predicted octanol–water partition coefficient (Wildman–Crippen LogP) is 3.72. The lowest BCUT2D eigenvalue weighted by Gasteiger charge is -2.09. The number of rotatable bonds is 8. The van der Waals surface area contributed by atoms with E-state index in [-0.39, 0.29) is 24.1 Å². The fraction of sp³-hybridized carbons (Fsp3) is 0.235. The lowest BCUT2D eigenvalue weighted by atomic mass is 10.2. The molecule has 0 atom stereocenters. The molecular formula is C17H16Cl2N6O2S2. The number of thioether (sulfide) groups is 1. The molecule has 3 rings (SSSR count). The minimum atomic E-state index is -0.300. The van der Waals surface area contributed by atoms with Gasteiger partial charge in [-0.3, -0.25) is 9.59 Å². The summed E-state index contributed by atoms with van der Waals surface area (Å²) in [6.45, 7) is 2.72. The van der Waals surface area contributed by atoms with E-state index in [4.69, 9.17) is 23.2 Å². The Morgan fingerprint density at radius 2 is 2.07 bits per heavy atom. The van der Waals surface area contributed by atoms with Gasteiger partial charge in [-0.2, -0.15) is 0 Å². The second-order valence-electron chi connectivity index (χ2n) is 5.63. The first-order valence-electron chi connectivity index (χ1n) is 8.45. The zero-order valence-corrected chi connectivity index (χ0v) is 18.3. The first-order valence-corrected chi connectivity index (χ1v) is 11.1. The van der Waals surface area contributed by atoms with Gasteiger partial charge in [0.2, 0.25) is 5.91 Å². The Kier molecular flexibility index (Phi) is 7.48. The van der Waals surface area contributed by atoms with Crippen molar-refractivity contribution in [2.24, 2.45) is 0 Å². The molecule has 12 heteroatoms. The first-order chi connectivity index (χ1) is 14.0. The number of aromatic nitrogens is 4. The van der Waals surface area contributed by atoms with Crippen LogP contribution < -0.4 is 10.6 Å². The number of nitrogens with zero attached hydrogens (tertiary/aromatic N) is 4. The number of anilines is 1. The fourth-order valence-corrected chi connectivity index (χ4v) is 4.01. The van der Waals surface area contributed by atoms with Crippen molar-refractivity contribution in [1.82, 2.24) is 25.1 Å². The number of nitrogens with one attached hydrogen (secondary N) is 2. The van der Waals surface area contributed by atoms with Crippen LogP contribution in [0.25, 0.3) is 0 Å². The summed E-state index contributed by atoms with van der Waals surface area (Å²) in [6.07, 6.45) is 1.62. The maximum atomic E-state index is 12.3. The Hall–Kier alpha value is -2.14. The number of hydrogen-bond acceptors (Lipinski definition) is 7. The lowest BCUT2D eigenvalue weighted by Crippen LogP contribution is -2.24. The molecule has 2 N–H and O–H groups in total. The highest BCUT2D eigenvalue weighted by atomic mass is 35.5. The summed E-state index contributed by atoms with van der Waals surface area (Å²) in [4.78, 5) is 28.3. The molecule has 8 nitrogen and oxygen atoms in total. The van der Waals surface area contributed by atoms with Crippen LogP contribution >= 0.6 is 46.3 Å². The van der Waals surface area contributed by atoms with E-state index in [0.717, 1.165) is 0 Å². The molecule has 0 unspecified atom stereocenters. The molecule has 0 aliphatic rings. The second-order valence-corrected chi connectivity index (χ2v) is 8.28. The Morgan fingerprint density at radius 1 is 1.24 bits per heavy atom. The maximum Gasteiger partial charge on any atom is 0.251 e. The smallest absolute Gasteiger partial charge is 0.251 e. The maximum absolute atomic E-state index is 12.3. The van der Waals surface area contributed by atoms with Crippen molar-refractivity contribution in [2.75, 3.05) is 11.1 Å². The summed E-state index contributed by atoms with van der Waals surface area (Å²) in [6, 6.07) is 4.67. The van der Waals surface area contributed by atoms with Gasteiger partial charge in [0.15, 0.2) is 16.1 Å². The fourth-order valence-electron chi connectivity index (χ4n) is 2.34. The van der Waals surface area contributed by atoms with Crippen molar-refractivity contribution in [1.29, 1.82) is 0 Å². The molecule has 152 valence electrons. The van der Waals surface area contributed by atoms with E-state index in [0.29, 0.717) is 38.3 Å². The van der Waals surface area contributed by atoms with E-state index >= 15 is 0 Å². The third-order valence-corrected chi connectivity index (χ3v) is 6.10. The van der Waals surface area contributed by atoms with Gasteiger partial charge in [-0.15, -0.1) is 21.5 Å². The molecule has 0 aliphatic carbocycles. The van der Waals surface area contributed by atoms with Gasteiger partial charge in [-0.05, 0) is 25.1 Å². The second kappa shape index (κ2) is 10.1. The summed E-state index contributed by atoms with van der Waals surface area (Å²) in [5, 5.41) is 17.4. The summed E-state index contributed by atoms with van der Waals surface area (Å²) >= 11 is 14.4. The van der Waals surface area contributed by atoms with Crippen LogP contribution in [0.15, 0.2) is 34.9 Å². The number of carbonyl (C=O) groups excluding carboxylic acids is 2. The standard InChI is InChI=1S/C17H16Cl2N6O2S2/c1-2-25-13(8-21-15(27)10-3-4-11(18)12(19)7-10)23-24-17(25)29-9-14(26)22-16-20-5-6-28-16/h3-7H,2,8-9H2,1H3,(H,21,27)(H,20,22,26). The minimum absolute atomic E-state index is 0.174. The molecule has 0 radical (unpaired) electrons. The van der Waals surface area contributed by atoms with E-state index in [9.17, 15) is 9.59 Å². The van der Waals surface area contributed by atoms with Crippen LogP contribution in [0.4, 0.5) is 5.13 Å². The Morgan fingerprint density at radius 3 is 2.76 bits per heavy atom. The highest BCUT2D eigenvalue weighted by Gasteiger charge is 2.15. The predicted molar refractivity (Wildman–Crippen MR) is 115 cm³/mol. The van der Waals surface area contributed by atoms with Crippen LogP contribution in [0.5, 0.6) is 0 Å². The quantitative estimate of drug-likeness (QED) is 0.486. The number of carbonyl (C=O) groups is 2. The van der Waals surface area contributed by atoms with Crippen LogP contribution in [0, 0.1) is 0 Å². The number of halogens is 2. The summed E-state index contributed by atoms with van der Waals surface area (Å²) in [5.74, 6) is 0.285. The summed E-state index contributed by atoms with van der Waals surface area (Å²) < 4.78 is 1.84. The first kappa shape index (κ1) is 21.6. The number of amides is 2. The Balaban J connectivity index is 1.57.